The highest BCUT2D eigenvalue weighted by atomic mass is 35.5. The molecule has 0 saturated carbocycles. The molecule has 53 heavy (non-hydrogen) atoms. The van der Waals surface area contributed by atoms with Gasteiger partial charge in [0, 0.05) is 45.8 Å². The lowest BCUT2D eigenvalue weighted by atomic mass is 10.0. The van der Waals surface area contributed by atoms with E-state index < -0.39 is 18.1 Å². The molecule has 0 saturated heterocycles. The Morgan fingerprint density at radius 2 is 1.08 bits per heavy atom. The molecule has 0 aliphatic heterocycles. The predicted molar refractivity (Wildman–Crippen MR) is 214 cm³/mol. The average Bonchev–Trinajstić information content (AvgIpc) is 3.08. The smallest absolute Gasteiger partial charge is 0.326 e. The van der Waals surface area contributed by atoms with Gasteiger partial charge in [-0.05, 0) is 50.6 Å². The molecule has 0 radical (unpaired) electrons. The molecule has 0 spiro atoms. The van der Waals surface area contributed by atoms with Crippen LogP contribution in [0, 0.1) is 5.92 Å². The topological polar surface area (TPSA) is 226 Å². The van der Waals surface area contributed by atoms with Crippen LogP contribution in [0.5, 0.6) is 0 Å². The van der Waals surface area contributed by atoms with Crippen LogP contribution in [0.2, 0.25) is 0 Å². The number of hydrogen-bond donors (Lipinski definition) is 7. The lowest BCUT2D eigenvalue weighted by molar-refractivity contribution is -0.245. The molecule has 0 aromatic heterocycles. The third kappa shape index (κ3) is 51.3. The van der Waals surface area contributed by atoms with E-state index in [0.29, 0.717) is 25.9 Å². The van der Waals surface area contributed by atoms with Gasteiger partial charge in [0.05, 0.1) is 6.61 Å². The van der Waals surface area contributed by atoms with Crippen molar-refractivity contribution < 1.29 is 44.0 Å². The molecule has 0 rings (SSSR count). The maximum absolute atomic E-state index is 12.2. The molecule has 14 nitrogen and oxygen atoms in total. The lowest BCUT2D eigenvalue weighted by Gasteiger charge is -2.17. The summed E-state index contributed by atoms with van der Waals surface area (Å²) in [5.41, 5.74) is 5.54. The van der Waals surface area contributed by atoms with E-state index in [1.54, 1.807) is 0 Å². The van der Waals surface area contributed by atoms with Gasteiger partial charge in [0.2, 0.25) is 28.9 Å². The van der Waals surface area contributed by atoms with E-state index in [-0.39, 0.29) is 47.4 Å². The Morgan fingerprint density at radius 1 is 0.660 bits per heavy atom. The Labute approximate surface area is 326 Å². The standard InChI is InChI=1S/C18H35N3O3.C9H17NO3.C7H17NO2.C2H3ClO.C2H6/c1-5-7-8-12-16(21-15(4)22)18(24)20-13-10-9-11-14(3)17(23)19-6-2;1-3-4-5-6-8(9(12)13)10-7(2)11;1-2-3-4-5-7(8)6-10-9;1-2(3)4;1-2/h14,16H,5-13H2,1-4H3,(H,19,23)(H,20,24)(H,21,22);8H,3-6H2,1-2H3,(H,10,11)(H,12,13);7,9H,2-6,8H2,1H3;1H3;1-2H3. The number of unbranched alkanes of at least 4 members (excludes halogenated alkanes) is 7. The number of hydrogen-bond acceptors (Lipinski definition) is 9. The second-order valence-corrected chi connectivity index (χ2v) is 13.0. The number of carbonyl (C=O) groups is 6. The van der Waals surface area contributed by atoms with Gasteiger partial charge in [0.1, 0.15) is 12.1 Å². The SMILES string of the molecule is CC.CC(=O)Cl.CCCCCC(N)COO.CCCCCC(NC(C)=O)C(=O)NCCCCC(C)C(=O)NCC.CCCCCC(NC(C)=O)C(=O)O. The Hall–Kier alpha value is -2.81. The fourth-order valence-corrected chi connectivity index (χ4v) is 4.44. The van der Waals surface area contributed by atoms with E-state index >= 15 is 0 Å². The normalized spacial score (nSPS) is 12.0. The van der Waals surface area contributed by atoms with Gasteiger partial charge >= 0.3 is 5.97 Å². The van der Waals surface area contributed by atoms with Crippen LogP contribution in [0.25, 0.3) is 0 Å². The van der Waals surface area contributed by atoms with Crippen molar-refractivity contribution in [1.29, 1.82) is 0 Å². The van der Waals surface area contributed by atoms with Gasteiger partial charge < -0.3 is 32.1 Å². The third-order valence-corrected chi connectivity index (χ3v) is 7.19. The zero-order valence-corrected chi connectivity index (χ0v) is 35.5. The van der Waals surface area contributed by atoms with Crippen molar-refractivity contribution in [3.63, 3.8) is 0 Å². The van der Waals surface area contributed by atoms with Crippen molar-refractivity contribution in [1.82, 2.24) is 21.3 Å². The molecule has 4 unspecified atom stereocenters. The first-order valence-electron chi connectivity index (χ1n) is 19.5. The number of rotatable bonds is 25. The monoisotopic (exact) mass is 784 g/mol. The summed E-state index contributed by atoms with van der Waals surface area (Å²) in [7, 11) is 0. The number of carboxylic acids is 1. The zero-order chi connectivity index (χ0) is 42.0. The van der Waals surface area contributed by atoms with Crippen molar-refractivity contribution >= 4 is 46.4 Å². The molecule has 4 amide bonds. The second-order valence-electron chi connectivity index (χ2n) is 12.4. The van der Waals surface area contributed by atoms with Crippen molar-refractivity contribution in [3.05, 3.63) is 0 Å². The molecule has 0 aliphatic rings. The minimum Gasteiger partial charge on any atom is -0.480 e. The highest BCUT2D eigenvalue weighted by Gasteiger charge is 2.19. The number of nitrogens with two attached hydrogens (primary N) is 1. The molecule has 316 valence electrons. The molecular weight excluding hydrogens is 706 g/mol. The molecule has 8 N–H and O–H groups in total. The molecule has 0 aromatic carbocycles. The molecule has 15 heteroatoms. The number of carboxylic acid groups (broad SMARTS) is 1. The van der Waals surface area contributed by atoms with E-state index in [0.717, 1.165) is 70.6 Å². The van der Waals surface area contributed by atoms with E-state index in [1.807, 2.05) is 34.6 Å². The van der Waals surface area contributed by atoms with Gasteiger partial charge in [-0.2, -0.15) is 0 Å². The summed E-state index contributed by atoms with van der Waals surface area (Å²) in [5, 5.41) is 27.2. The first-order valence-corrected chi connectivity index (χ1v) is 19.9. The summed E-state index contributed by atoms with van der Waals surface area (Å²) >= 11 is 4.64. The van der Waals surface area contributed by atoms with Crippen LogP contribution >= 0.6 is 11.6 Å². The van der Waals surface area contributed by atoms with Crippen molar-refractivity contribution in [2.75, 3.05) is 19.7 Å². The first-order chi connectivity index (χ1) is 25.0. The molecule has 4 atom stereocenters. The zero-order valence-electron chi connectivity index (χ0n) is 34.7. The van der Waals surface area contributed by atoms with E-state index in [1.165, 1.54) is 33.6 Å². The molecule has 0 aromatic rings. The van der Waals surface area contributed by atoms with Crippen LogP contribution in [0.1, 0.15) is 166 Å². The molecule has 0 aliphatic carbocycles. The first kappa shape index (κ1) is 59.5. The minimum atomic E-state index is -0.952. The van der Waals surface area contributed by atoms with Gasteiger partial charge in [-0.1, -0.05) is 106 Å². The highest BCUT2D eigenvalue weighted by molar-refractivity contribution is 6.62. The highest BCUT2D eigenvalue weighted by Crippen LogP contribution is 2.08. The largest absolute Gasteiger partial charge is 0.480 e. The van der Waals surface area contributed by atoms with E-state index in [2.05, 4.69) is 51.6 Å². The van der Waals surface area contributed by atoms with Gasteiger partial charge in [0.15, 0.2) is 0 Å². The summed E-state index contributed by atoms with van der Waals surface area (Å²) in [4.78, 5) is 69.4. The van der Waals surface area contributed by atoms with E-state index in [4.69, 9.17) is 16.1 Å². The van der Waals surface area contributed by atoms with Crippen molar-refractivity contribution in [2.45, 2.75) is 184 Å². The Kier molecular flexibility index (Phi) is 50.9. The minimum absolute atomic E-state index is 0.00169. The van der Waals surface area contributed by atoms with Gasteiger partial charge in [0.25, 0.3) is 0 Å². The van der Waals surface area contributed by atoms with Crippen LogP contribution in [0.15, 0.2) is 0 Å². The van der Waals surface area contributed by atoms with Crippen LogP contribution in [-0.4, -0.2) is 83.0 Å². The number of carbonyl (C=O) groups excluding carboxylic acids is 5. The Bertz CT molecular complexity index is 909. The fourth-order valence-electron chi connectivity index (χ4n) is 4.44. The van der Waals surface area contributed by atoms with Crippen molar-refractivity contribution in [3.8, 4) is 0 Å². The summed E-state index contributed by atoms with van der Waals surface area (Å²) in [5.74, 6) is -1.44. The molecule has 0 fully saturated rings. The second kappa shape index (κ2) is 45.3. The summed E-state index contributed by atoms with van der Waals surface area (Å²) in [6, 6.07) is -1.16. The van der Waals surface area contributed by atoms with Gasteiger partial charge in [-0.3, -0.25) is 29.2 Å². The molecular formula is C38H78ClN5O9. The average molecular weight is 785 g/mol. The van der Waals surface area contributed by atoms with Crippen LogP contribution in [-0.2, 0) is 33.7 Å². The van der Waals surface area contributed by atoms with Gasteiger partial charge in [-0.25, -0.2) is 9.68 Å². The van der Waals surface area contributed by atoms with Crippen molar-refractivity contribution in [2.24, 2.45) is 11.7 Å². The number of halogens is 1. The Morgan fingerprint density at radius 3 is 1.47 bits per heavy atom. The van der Waals surface area contributed by atoms with Crippen LogP contribution in [0.3, 0.4) is 0 Å². The maximum Gasteiger partial charge on any atom is 0.326 e. The summed E-state index contributed by atoms with van der Waals surface area (Å²) in [6.07, 6.45) is 14.2. The quantitative estimate of drug-likeness (QED) is 0.0231. The lowest BCUT2D eigenvalue weighted by Crippen LogP contribution is -2.46. The summed E-state index contributed by atoms with van der Waals surface area (Å²) in [6.45, 7) is 19.7. The fraction of sp³-hybridized carbons (Fsp3) is 0.842. The number of amides is 4. The third-order valence-electron chi connectivity index (χ3n) is 7.19. The predicted octanol–water partition coefficient (Wildman–Crippen LogP) is 6.47. The maximum atomic E-state index is 12.2. The van der Waals surface area contributed by atoms with Crippen LogP contribution < -0.4 is 27.0 Å². The molecule has 0 bridgehead atoms. The van der Waals surface area contributed by atoms with Crippen LogP contribution in [0.4, 0.5) is 0 Å². The molecule has 0 heterocycles. The van der Waals surface area contributed by atoms with E-state index in [9.17, 15) is 28.8 Å². The number of aliphatic carboxylic acids is 1. The Balaban J connectivity index is -0.000000221. The van der Waals surface area contributed by atoms with Gasteiger partial charge in [-0.15, -0.1) is 0 Å². The number of nitrogens with one attached hydrogen (secondary N) is 4. The summed E-state index contributed by atoms with van der Waals surface area (Å²) < 4.78 is 0.